The third-order valence-electron chi connectivity index (χ3n) is 7.57. The Morgan fingerprint density at radius 1 is 1.16 bits per heavy atom. The lowest BCUT2D eigenvalue weighted by molar-refractivity contribution is -0.130. The fourth-order valence-electron chi connectivity index (χ4n) is 5.58. The quantitative estimate of drug-likeness (QED) is 0.439. The normalized spacial score (nSPS) is 25.2. The Morgan fingerprint density at radius 2 is 1.92 bits per heavy atom. The number of fused-ring (bicyclic) bond motifs is 2. The molecule has 3 fully saturated rings. The second-order valence-electron chi connectivity index (χ2n) is 11.6. The number of carbonyl (C=O) groups excluding carboxylic acids is 3. The van der Waals surface area contributed by atoms with Crippen LogP contribution in [0.1, 0.15) is 52.0 Å². The first kappa shape index (κ1) is 28.9. The smallest absolute Gasteiger partial charge is 0.411 e. The van der Waals surface area contributed by atoms with E-state index in [1.165, 1.54) is 42.3 Å². The highest BCUT2D eigenvalue weighted by Gasteiger charge is 2.40. The first-order chi connectivity index (χ1) is 18.1. The van der Waals surface area contributed by atoms with Gasteiger partial charge < -0.3 is 20.1 Å². The first-order valence-corrected chi connectivity index (χ1v) is 15.8. The van der Waals surface area contributed by atoms with Gasteiger partial charge in [-0.15, -0.1) is 11.8 Å². The molecule has 210 valence electrons. The van der Waals surface area contributed by atoms with Gasteiger partial charge in [-0.1, -0.05) is 18.6 Å². The second kappa shape index (κ2) is 12.9. The Balaban J connectivity index is 1.36. The van der Waals surface area contributed by atoms with E-state index >= 15 is 0 Å². The summed E-state index contributed by atoms with van der Waals surface area (Å²) in [5.74, 6) is 5.02. The monoisotopic (exact) mass is 563 g/mol. The molecule has 2 N–H and O–H groups in total. The molecule has 2 saturated carbocycles. The van der Waals surface area contributed by atoms with Gasteiger partial charge in [0.25, 0.3) is 0 Å². The van der Waals surface area contributed by atoms with E-state index in [0.29, 0.717) is 29.8 Å². The molecule has 1 saturated heterocycles. The summed E-state index contributed by atoms with van der Waals surface area (Å²) in [6.45, 7) is 5.77. The van der Waals surface area contributed by atoms with Crippen molar-refractivity contribution in [3.05, 3.63) is 29.8 Å². The average molecular weight is 564 g/mol. The van der Waals surface area contributed by atoms with Crippen LogP contribution in [-0.2, 0) is 20.9 Å². The van der Waals surface area contributed by atoms with Crippen molar-refractivity contribution in [3.8, 4) is 5.75 Å². The van der Waals surface area contributed by atoms with Crippen molar-refractivity contribution in [1.29, 1.82) is 0 Å². The predicted octanol–water partition coefficient (Wildman–Crippen LogP) is 4.28. The maximum Gasteiger partial charge on any atom is 0.411 e. The molecule has 1 aromatic rings. The minimum absolute atomic E-state index is 0.218. The number of thioether (sulfide) groups is 2. The molecular weight excluding hydrogens is 522 g/mol. The van der Waals surface area contributed by atoms with Crippen molar-refractivity contribution < 1.29 is 23.9 Å². The molecule has 8 nitrogen and oxygen atoms in total. The fourth-order valence-corrected chi connectivity index (χ4v) is 8.04. The van der Waals surface area contributed by atoms with E-state index in [0.717, 1.165) is 28.9 Å². The van der Waals surface area contributed by atoms with Crippen LogP contribution in [0.5, 0.6) is 5.75 Å². The van der Waals surface area contributed by atoms with Crippen molar-refractivity contribution in [2.45, 2.75) is 70.7 Å². The topological polar surface area (TPSA) is 97.0 Å². The van der Waals surface area contributed by atoms with E-state index in [1.807, 2.05) is 24.3 Å². The summed E-state index contributed by atoms with van der Waals surface area (Å²) in [6, 6.07) is 6.18. The summed E-state index contributed by atoms with van der Waals surface area (Å²) in [4.78, 5) is 40.8. The summed E-state index contributed by atoms with van der Waals surface area (Å²) < 4.78 is 10.7. The number of nitrogens with one attached hydrogen (secondary N) is 2. The van der Waals surface area contributed by atoms with E-state index in [1.54, 1.807) is 39.6 Å². The summed E-state index contributed by atoms with van der Waals surface area (Å²) in [5.41, 5.74) is 0.299. The molecule has 2 bridgehead atoms. The van der Waals surface area contributed by atoms with Crippen LogP contribution in [0.15, 0.2) is 24.3 Å². The summed E-state index contributed by atoms with van der Waals surface area (Å²) in [6.07, 6.45) is 4.84. The lowest BCUT2D eigenvalue weighted by atomic mass is 9.90. The molecule has 4 rings (SSSR count). The Hall–Kier alpha value is -2.07. The molecule has 10 heteroatoms. The van der Waals surface area contributed by atoms with E-state index in [4.69, 9.17) is 9.47 Å². The highest BCUT2D eigenvalue weighted by atomic mass is 32.2. The number of hydrogen-bond acceptors (Lipinski definition) is 7. The third kappa shape index (κ3) is 7.74. The van der Waals surface area contributed by atoms with Crippen LogP contribution in [0.4, 0.5) is 4.79 Å². The molecule has 0 spiro atoms. The lowest BCUT2D eigenvalue weighted by Crippen LogP contribution is -2.55. The maximum atomic E-state index is 13.3. The Kier molecular flexibility index (Phi) is 9.79. The molecule has 1 aromatic carbocycles. The molecule has 0 radical (unpaired) electrons. The number of ether oxygens (including phenoxy) is 2. The molecule has 38 heavy (non-hydrogen) atoms. The van der Waals surface area contributed by atoms with E-state index in [2.05, 4.69) is 10.6 Å². The van der Waals surface area contributed by atoms with Crippen molar-refractivity contribution in [2.75, 3.05) is 30.2 Å². The van der Waals surface area contributed by atoms with Gasteiger partial charge in [0, 0.05) is 18.1 Å². The molecule has 3 amide bonds. The first-order valence-electron chi connectivity index (χ1n) is 13.5. The van der Waals surface area contributed by atoms with Crippen molar-refractivity contribution in [1.82, 2.24) is 15.5 Å². The van der Waals surface area contributed by atoms with Gasteiger partial charge in [-0.2, -0.15) is 11.8 Å². The number of carbonyl (C=O) groups is 3. The van der Waals surface area contributed by atoms with Crippen molar-refractivity contribution in [2.24, 2.45) is 17.8 Å². The molecule has 5 atom stereocenters. The standard InChI is InChI=1S/C28H41N3O5S2/c1-28(2,3)36-27(34)31-17-38-16-24(31)26(33)30-23(15-37-14-21-12-19-5-8-20(21)11-19)25(32)29-13-18-6-9-22(35-4)10-7-18/h6-7,9-10,19-21,23-24H,5,8,11-17H2,1-4H3,(H,29,32)(H,30,33)/t19-,20-,21-,23-,24-/m0/s1. The van der Waals surface area contributed by atoms with E-state index < -0.39 is 23.8 Å². The zero-order chi connectivity index (χ0) is 27.3. The largest absolute Gasteiger partial charge is 0.497 e. The van der Waals surface area contributed by atoms with Gasteiger partial charge in [-0.25, -0.2) is 4.79 Å². The average Bonchev–Trinajstić information content (AvgIpc) is 3.63. The molecular formula is C28H41N3O5S2. The van der Waals surface area contributed by atoms with Gasteiger partial charge in [0.1, 0.15) is 23.4 Å². The van der Waals surface area contributed by atoms with Gasteiger partial charge in [0.2, 0.25) is 11.8 Å². The van der Waals surface area contributed by atoms with Crippen LogP contribution in [0, 0.1) is 17.8 Å². The highest BCUT2D eigenvalue weighted by molar-refractivity contribution is 7.99. The molecule has 0 aromatic heterocycles. The van der Waals surface area contributed by atoms with Gasteiger partial charge in [-0.3, -0.25) is 14.5 Å². The van der Waals surface area contributed by atoms with Gasteiger partial charge in [0.15, 0.2) is 0 Å². The van der Waals surface area contributed by atoms with Crippen LogP contribution in [0.25, 0.3) is 0 Å². The zero-order valence-electron chi connectivity index (χ0n) is 22.9. The number of methoxy groups -OCH3 is 1. The Morgan fingerprint density at radius 3 is 2.55 bits per heavy atom. The van der Waals surface area contributed by atoms with Gasteiger partial charge in [-0.05, 0) is 81.2 Å². The lowest BCUT2D eigenvalue weighted by Gasteiger charge is -2.28. The van der Waals surface area contributed by atoms with Crippen LogP contribution in [0.2, 0.25) is 0 Å². The minimum Gasteiger partial charge on any atom is -0.497 e. The summed E-state index contributed by atoms with van der Waals surface area (Å²) in [5, 5.41) is 5.95. The molecule has 0 unspecified atom stereocenters. The van der Waals surface area contributed by atoms with E-state index in [9.17, 15) is 14.4 Å². The molecule has 2 aliphatic carbocycles. The van der Waals surface area contributed by atoms with E-state index in [-0.39, 0.29) is 11.8 Å². The Labute approximate surface area is 234 Å². The molecule has 1 aliphatic heterocycles. The molecule has 1 heterocycles. The fraction of sp³-hybridized carbons (Fsp3) is 0.679. The maximum absolute atomic E-state index is 13.3. The van der Waals surface area contributed by atoms with Crippen LogP contribution < -0.4 is 15.4 Å². The van der Waals surface area contributed by atoms with Crippen LogP contribution in [0.3, 0.4) is 0 Å². The predicted molar refractivity (Wildman–Crippen MR) is 152 cm³/mol. The van der Waals surface area contributed by atoms with Crippen molar-refractivity contribution >= 4 is 41.4 Å². The van der Waals surface area contributed by atoms with Gasteiger partial charge >= 0.3 is 6.09 Å². The number of benzene rings is 1. The summed E-state index contributed by atoms with van der Waals surface area (Å²) in [7, 11) is 1.62. The van der Waals surface area contributed by atoms with Crippen molar-refractivity contribution in [3.63, 3.8) is 0 Å². The number of rotatable bonds is 10. The minimum atomic E-state index is -0.685. The number of hydrogen-bond donors (Lipinski definition) is 2. The van der Waals surface area contributed by atoms with Crippen LogP contribution in [-0.4, -0.2) is 70.7 Å². The number of amides is 3. The second-order valence-corrected chi connectivity index (χ2v) is 13.6. The third-order valence-corrected chi connectivity index (χ3v) is 9.82. The SMILES string of the molecule is COc1ccc(CNC(=O)[C@H](CSC[C@@H]2C[C@H]3CC[C@H]2C3)NC(=O)[C@@H]2CSCN2C(=O)OC(C)(C)C)cc1. The highest BCUT2D eigenvalue weighted by Crippen LogP contribution is 2.49. The Bertz CT molecular complexity index is 984. The van der Waals surface area contributed by atoms with Crippen LogP contribution >= 0.6 is 23.5 Å². The molecule has 3 aliphatic rings. The number of nitrogens with zero attached hydrogens (tertiary/aromatic N) is 1. The zero-order valence-corrected chi connectivity index (χ0v) is 24.5. The van der Waals surface area contributed by atoms with Gasteiger partial charge in [0.05, 0.1) is 13.0 Å². The summed E-state index contributed by atoms with van der Waals surface area (Å²) >= 11 is 3.26.